The van der Waals surface area contributed by atoms with Gasteiger partial charge in [-0.25, -0.2) is 0 Å². The fourth-order valence-corrected chi connectivity index (χ4v) is 1.98. The van der Waals surface area contributed by atoms with Gasteiger partial charge in [-0.2, -0.15) is 0 Å². The summed E-state index contributed by atoms with van der Waals surface area (Å²) >= 11 is 0. The zero-order valence-electron chi connectivity index (χ0n) is 6.58. The van der Waals surface area contributed by atoms with Gasteiger partial charge in [0.25, 0.3) is 0 Å². The first kappa shape index (κ1) is 7.53. The summed E-state index contributed by atoms with van der Waals surface area (Å²) in [5.41, 5.74) is 0. The molecule has 1 spiro atoms. The van der Waals surface area contributed by atoms with Crippen LogP contribution < -0.4 is 0 Å². The summed E-state index contributed by atoms with van der Waals surface area (Å²) in [6.45, 7) is 1.71. The van der Waals surface area contributed by atoms with Crippen molar-refractivity contribution in [3.63, 3.8) is 0 Å². The van der Waals surface area contributed by atoms with E-state index in [2.05, 4.69) is 0 Å². The third kappa shape index (κ3) is 1.28. The van der Waals surface area contributed by atoms with Crippen LogP contribution in [0.4, 0.5) is 0 Å². The van der Waals surface area contributed by atoms with E-state index >= 15 is 0 Å². The molecule has 0 aromatic rings. The molecule has 3 heteroatoms. The first-order valence-corrected chi connectivity index (χ1v) is 4.23. The van der Waals surface area contributed by atoms with E-state index < -0.39 is 0 Å². The molecule has 1 atom stereocenters. The average Bonchev–Trinajstić information content (AvgIpc) is 2.62. The van der Waals surface area contributed by atoms with Gasteiger partial charge in [0.2, 0.25) is 0 Å². The van der Waals surface area contributed by atoms with E-state index in [1.165, 1.54) is 0 Å². The van der Waals surface area contributed by atoms with Crippen LogP contribution in [0.1, 0.15) is 19.3 Å². The average molecular weight is 158 g/mol. The van der Waals surface area contributed by atoms with Crippen LogP contribution in [-0.2, 0) is 9.47 Å². The van der Waals surface area contributed by atoms with Gasteiger partial charge in [0.1, 0.15) is 0 Å². The van der Waals surface area contributed by atoms with Crippen molar-refractivity contribution in [1.29, 1.82) is 0 Å². The molecule has 64 valence electrons. The number of hydrogen-bond donors (Lipinski definition) is 1. The van der Waals surface area contributed by atoms with Gasteiger partial charge in [-0.15, -0.1) is 0 Å². The van der Waals surface area contributed by atoms with E-state index in [4.69, 9.17) is 14.6 Å². The molecule has 1 unspecified atom stereocenters. The lowest BCUT2D eigenvalue weighted by atomic mass is 10.1. The molecule has 0 aromatic carbocycles. The zero-order valence-corrected chi connectivity index (χ0v) is 6.58. The Hall–Kier alpha value is -0.120. The summed E-state index contributed by atoms with van der Waals surface area (Å²) < 4.78 is 11.0. The number of hydrogen-bond acceptors (Lipinski definition) is 3. The molecule has 1 saturated heterocycles. The smallest absolute Gasteiger partial charge is 0.168 e. The Morgan fingerprint density at radius 3 is 2.64 bits per heavy atom. The topological polar surface area (TPSA) is 38.7 Å². The molecule has 0 aromatic heterocycles. The highest BCUT2D eigenvalue weighted by atomic mass is 16.7. The Labute approximate surface area is 66.3 Å². The standard InChI is InChI=1S/C8H14O3/c9-6-7-1-2-8(5-7)10-3-4-11-8/h7,9H,1-6H2. The molecule has 1 aliphatic heterocycles. The molecule has 2 aliphatic rings. The van der Waals surface area contributed by atoms with Crippen molar-refractivity contribution in [3.05, 3.63) is 0 Å². The highest BCUT2D eigenvalue weighted by molar-refractivity contribution is 4.85. The fraction of sp³-hybridized carbons (Fsp3) is 1.00. The third-order valence-electron chi connectivity index (χ3n) is 2.60. The minimum atomic E-state index is -0.298. The lowest BCUT2D eigenvalue weighted by Crippen LogP contribution is -2.26. The van der Waals surface area contributed by atoms with Gasteiger partial charge >= 0.3 is 0 Å². The first-order valence-electron chi connectivity index (χ1n) is 4.23. The predicted molar refractivity (Wildman–Crippen MR) is 39.1 cm³/mol. The molecule has 3 nitrogen and oxygen atoms in total. The number of aliphatic hydroxyl groups excluding tert-OH is 1. The molecule has 0 radical (unpaired) electrons. The van der Waals surface area contributed by atoms with Crippen molar-refractivity contribution in [2.45, 2.75) is 25.0 Å². The van der Waals surface area contributed by atoms with Crippen molar-refractivity contribution in [3.8, 4) is 0 Å². The lowest BCUT2D eigenvalue weighted by molar-refractivity contribution is -0.153. The lowest BCUT2D eigenvalue weighted by Gasteiger charge is -2.20. The largest absolute Gasteiger partial charge is 0.396 e. The van der Waals surface area contributed by atoms with Crippen LogP contribution >= 0.6 is 0 Å². The summed E-state index contributed by atoms with van der Waals surface area (Å²) in [6, 6.07) is 0. The molecule has 0 bridgehead atoms. The molecule has 1 aliphatic carbocycles. The van der Waals surface area contributed by atoms with Crippen LogP contribution in [0.25, 0.3) is 0 Å². The molecule has 1 saturated carbocycles. The van der Waals surface area contributed by atoms with Gasteiger partial charge in [0, 0.05) is 19.4 Å². The van der Waals surface area contributed by atoms with Crippen LogP contribution in [0.2, 0.25) is 0 Å². The van der Waals surface area contributed by atoms with Crippen LogP contribution in [-0.4, -0.2) is 30.7 Å². The first-order chi connectivity index (χ1) is 5.35. The van der Waals surface area contributed by atoms with E-state index in [9.17, 15) is 0 Å². The maximum absolute atomic E-state index is 8.90. The quantitative estimate of drug-likeness (QED) is 0.604. The van der Waals surface area contributed by atoms with Crippen molar-refractivity contribution in [1.82, 2.24) is 0 Å². The van der Waals surface area contributed by atoms with E-state index in [0.29, 0.717) is 5.92 Å². The second-order valence-electron chi connectivity index (χ2n) is 3.40. The Morgan fingerprint density at radius 2 is 2.09 bits per heavy atom. The molecule has 1 heterocycles. The maximum atomic E-state index is 8.90. The summed E-state index contributed by atoms with van der Waals surface area (Å²) in [5, 5.41) is 8.90. The molecular weight excluding hydrogens is 144 g/mol. The highest BCUT2D eigenvalue weighted by Gasteiger charge is 2.43. The van der Waals surface area contributed by atoms with Gasteiger partial charge in [0.15, 0.2) is 5.79 Å². The summed E-state index contributed by atoms with van der Waals surface area (Å²) in [6.07, 6.45) is 2.87. The number of ether oxygens (including phenoxy) is 2. The third-order valence-corrected chi connectivity index (χ3v) is 2.60. The van der Waals surface area contributed by atoms with Crippen LogP contribution in [0.15, 0.2) is 0 Å². The van der Waals surface area contributed by atoms with E-state index in [1.54, 1.807) is 0 Å². The minimum absolute atomic E-state index is 0.272. The summed E-state index contributed by atoms with van der Waals surface area (Å²) in [5.74, 6) is 0.0982. The normalized spacial score (nSPS) is 35.2. The van der Waals surface area contributed by atoms with Crippen molar-refractivity contribution in [2.24, 2.45) is 5.92 Å². The van der Waals surface area contributed by atoms with Crippen molar-refractivity contribution in [2.75, 3.05) is 19.8 Å². The number of rotatable bonds is 1. The van der Waals surface area contributed by atoms with Crippen LogP contribution in [0.5, 0.6) is 0 Å². The van der Waals surface area contributed by atoms with E-state index in [1.807, 2.05) is 0 Å². The summed E-state index contributed by atoms with van der Waals surface area (Å²) in [7, 11) is 0. The maximum Gasteiger partial charge on any atom is 0.168 e. The Balaban J connectivity index is 1.96. The monoisotopic (exact) mass is 158 g/mol. The minimum Gasteiger partial charge on any atom is -0.396 e. The highest BCUT2D eigenvalue weighted by Crippen LogP contribution is 2.40. The molecular formula is C8H14O3. The van der Waals surface area contributed by atoms with Gasteiger partial charge in [-0.1, -0.05) is 0 Å². The fourth-order valence-electron chi connectivity index (χ4n) is 1.98. The van der Waals surface area contributed by atoms with Gasteiger partial charge in [-0.3, -0.25) is 0 Å². The van der Waals surface area contributed by atoms with Crippen molar-refractivity contribution >= 4 is 0 Å². The molecule has 0 amide bonds. The molecule has 2 fully saturated rings. The predicted octanol–water partition coefficient (Wildman–Crippen LogP) is 0.522. The Kier molecular flexibility index (Phi) is 1.87. The van der Waals surface area contributed by atoms with E-state index in [0.717, 1.165) is 32.5 Å². The molecule has 11 heavy (non-hydrogen) atoms. The number of aliphatic hydroxyl groups is 1. The Morgan fingerprint density at radius 1 is 1.36 bits per heavy atom. The van der Waals surface area contributed by atoms with E-state index in [-0.39, 0.29) is 12.4 Å². The van der Waals surface area contributed by atoms with Crippen LogP contribution in [0, 0.1) is 5.92 Å². The zero-order chi connectivity index (χ0) is 7.73. The molecule has 1 N–H and O–H groups in total. The second kappa shape index (κ2) is 2.73. The van der Waals surface area contributed by atoms with Gasteiger partial charge in [0.05, 0.1) is 13.2 Å². The summed E-state index contributed by atoms with van der Waals surface area (Å²) in [4.78, 5) is 0. The second-order valence-corrected chi connectivity index (χ2v) is 3.40. The van der Waals surface area contributed by atoms with Crippen molar-refractivity contribution < 1.29 is 14.6 Å². The van der Waals surface area contributed by atoms with Crippen LogP contribution in [0.3, 0.4) is 0 Å². The Bertz CT molecular complexity index is 140. The molecule has 2 rings (SSSR count). The van der Waals surface area contributed by atoms with Gasteiger partial charge in [-0.05, 0) is 12.3 Å². The SMILES string of the molecule is OCC1CCC2(C1)OCCO2. The van der Waals surface area contributed by atoms with Gasteiger partial charge < -0.3 is 14.6 Å².